The first-order valence-corrected chi connectivity index (χ1v) is 7.62. The summed E-state index contributed by atoms with van der Waals surface area (Å²) in [6.07, 6.45) is 6.61. The third kappa shape index (κ3) is 7.22. The Balaban J connectivity index is 2.09. The Morgan fingerprint density at radius 3 is 2.47 bits per heavy atom. The summed E-state index contributed by atoms with van der Waals surface area (Å²) >= 11 is 0. The van der Waals surface area contributed by atoms with Crippen molar-refractivity contribution < 1.29 is 5.11 Å². The summed E-state index contributed by atoms with van der Waals surface area (Å²) in [7, 11) is 0. The van der Waals surface area contributed by atoms with Gasteiger partial charge in [0.2, 0.25) is 0 Å². The normalized spacial score (nSPS) is 12.8. The van der Waals surface area contributed by atoms with Crippen LogP contribution >= 0.6 is 0 Å². The van der Waals surface area contributed by atoms with Crippen molar-refractivity contribution in [1.29, 1.82) is 0 Å². The number of hydrogen-bond donors (Lipinski definition) is 2. The molecule has 0 heterocycles. The van der Waals surface area contributed by atoms with Crippen LogP contribution in [-0.4, -0.2) is 11.7 Å². The Bertz CT molecular complexity index is 349. The fourth-order valence-corrected chi connectivity index (χ4v) is 2.26. The average molecular weight is 263 g/mol. The Hall–Kier alpha value is -1.02. The van der Waals surface area contributed by atoms with Gasteiger partial charge in [0.25, 0.3) is 0 Å². The van der Waals surface area contributed by atoms with Crippen LogP contribution in [0.2, 0.25) is 0 Å². The van der Waals surface area contributed by atoms with Gasteiger partial charge in [0.15, 0.2) is 0 Å². The molecule has 0 spiro atoms. The van der Waals surface area contributed by atoms with E-state index in [2.05, 4.69) is 32.2 Å². The molecular weight excluding hydrogens is 234 g/mol. The van der Waals surface area contributed by atoms with Gasteiger partial charge in [-0.1, -0.05) is 51.7 Å². The molecule has 0 aromatic heterocycles. The minimum atomic E-state index is 0.308. The molecular formula is C17H29NO. The molecule has 0 bridgehead atoms. The van der Waals surface area contributed by atoms with E-state index in [0.717, 1.165) is 18.0 Å². The van der Waals surface area contributed by atoms with Gasteiger partial charge in [-0.3, -0.25) is 0 Å². The fourth-order valence-electron chi connectivity index (χ4n) is 2.26. The number of rotatable bonds is 9. The number of unbranched alkanes of at least 4 members (excludes halogenated alkanes) is 3. The summed E-state index contributed by atoms with van der Waals surface area (Å²) in [6.45, 7) is 7.78. The van der Waals surface area contributed by atoms with Crippen molar-refractivity contribution in [1.82, 2.24) is 5.32 Å². The molecule has 1 atom stereocenters. The van der Waals surface area contributed by atoms with Crippen molar-refractivity contribution in [3.8, 4) is 5.75 Å². The van der Waals surface area contributed by atoms with E-state index in [9.17, 15) is 5.11 Å². The van der Waals surface area contributed by atoms with Gasteiger partial charge in [-0.05, 0) is 43.5 Å². The van der Waals surface area contributed by atoms with E-state index < -0.39 is 0 Å². The molecule has 0 saturated carbocycles. The van der Waals surface area contributed by atoms with Gasteiger partial charge in [-0.25, -0.2) is 0 Å². The third-order valence-electron chi connectivity index (χ3n) is 3.53. The second kappa shape index (κ2) is 8.98. The van der Waals surface area contributed by atoms with Gasteiger partial charge in [0.05, 0.1) is 0 Å². The number of nitrogens with one attached hydrogen (secondary N) is 1. The number of benzene rings is 1. The number of aromatic hydroxyl groups is 1. The van der Waals surface area contributed by atoms with Crippen LogP contribution in [0.1, 0.15) is 64.5 Å². The number of phenolic OH excluding ortho intramolecular Hbond substituents is 1. The van der Waals surface area contributed by atoms with Crippen molar-refractivity contribution in [2.75, 3.05) is 6.54 Å². The SMILES string of the molecule is CC(C)CCCCCCNC(C)c1cccc(O)c1. The van der Waals surface area contributed by atoms with E-state index in [4.69, 9.17) is 0 Å². The third-order valence-corrected chi connectivity index (χ3v) is 3.53. The predicted molar refractivity (Wildman–Crippen MR) is 82.4 cm³/mol. The topological polar surface area (TPSA) is 32.3 Å². The van der Waals surface area contributed by atoms with Crippen molar-refractivity contribution in [2.45, 2.75) is 58.9 Å². The van der Waals surface area contributed by atoms with Crippen LogP contribution in [0.3, 0.4) is 0 Å². The maximum absolute atomic E-state index is 9.45. The lowest BCUT2D eigenvalue weighted by atomic mass is 10.0. The van der Waals surface area contributed by atoms with Gasteiger partial charge in [0.1, 0.15) is 5.75 Å². The standard InChI is InChI=1S/C17H29NO/c1-14(2)9-6-4-5-7-12-18-15(3)16-10-8-11-17(19)13-16/h8,10-11,13-15,18-19H,4-7,9,12H2,1-3H3. The molecule has 1 unspecified atom stereocenters. The van der Waals surface area contributed by atoms with Crippen molar-refractivity contribution >= 4 is 0 Å². The van der Waals surface area contributed by atoms with Crippen LogP contribution in [0.15, 0.2) is 24.3 Å². The predicted octanol–water partition coefficient (Wildman–Crippen LogP) is 4.65. The van der Waals surface area contributed by atoms with Gasteiger partial charge in [0, 0.05) is 6.04 Å². The zero-order chi connectivity index (χ0) is 14.1. The Morgan fingerprint density at radius 2 is 1.79 bits per heavy atom. The number of hydrogen-bond acceptors (Lipinski definition) is 2. The molecule has 0 radical (unpaired) electrons. The molecule has 0 aliphatic carbocycles. The van der Waals surface area contributed by atoms with Crippen LogP contribution in [0, 0.1) is 5.92 Å². The van der Waals surface area contributed by atoms with E-state index in [0.29, 0.717) is 11.8 Å². The lowest BCUT2D eigenvalue weighted by Gasteiger charge is -2.14. The quantitative estimate of drug-likeness (QED) is 0.636. The highest BCUT2D eigenvalue weighted by atomic mass is 16.3. The molecule has 19 heavy (non-hydrogen) atoms. The maximum atomic E-state index is 9.45. The fraction of sp³-hybridized carbons (Fsp3) is 0.647. The van der Waals surface area contributed by atoms with E-state index in [1.807, 2.05) is 12.1 Å². The molecule has 0 amide bonds. The lowest BCUT2D eigenvalue weighted by Crippen LogP contribution is -2.19. The van der Waals surface area contributed by atoms with Gasteiger partial charge in [-0.15, -0.1) is 0 Å². The minimum Gasteiger partial charge on any atom is -0.508 e. The van der Waals surface area contributed by atoms with E-state index >= 15 is 0 Å². The average Bonchev–Trinajstić information content (AvgIpc) is 2.37. The van der Waals surface area contributed by atoms with E-state index in [1.54, 1.807) is 6.07 Å². The molecule has 1 rings (SSSR count). The molecule has 1 aromatic rings. The first-order chi connectivity index (χ1) is 9.09. The highest BCUT2D eigenvalue weighted by Crippen LogP contribution is 2.17. The molecule has 0 aliphatic heterocycles. The molecule has 2 nitrogen and oxygen atoms in total. The van der Waals surface area contributed by atoms with Crippen molar-refractivity contribution in [3.63, 3.8) is 0 Å². The number of phenols is 1. The summed E-state index contributed by atoms with van der Waals surface area (Å²) in [5.41, 5.74) is 1.15. The minimum absolute atomic E-state index is 0.308. The molecule has 2 N–H and O–H groups in total. The van der Waals surface area contributed by atoms with Gasteiger partial charge < -0.3 is 10.4 Å². The molecule has 0 fully saturated rings. The summed E-state index contributed by atoms with van der Waals surface area (Å²) < 4.78 is 0. The van der Waals surface area contributed by atoms with E-state index in [-0.39, 0.29) is 0 Å². The molecule has 0 aliphatic rings. The van der Waals surface area contributed by atoms with Crippen LogP contribution in [-0.2, 0) is 0 Å². The zero-order valence-corrected chi connectivity index (χ0v) is 12.7. The highest BCUT2D eigenvalue weighted by Gasteiger charge is 2.04. The molecule has 1 aromatic carbocycles. The maximum Gasteiger partial charge on any atom is 0.115 e. The van der Waals surface area contributed by atoms with E-state index in [1.165, 1.54) is 32.1 Å². The molecule has 108 valence electrons. The smallest absolute Gasteiger partial charge is 0.115 e. The lowest BCUT2D eigenvalue weighted by molar-refractivity contribution is 0.470. The van der Waals surface area contributed by atoms with Gasteiger partial charge >= 0.3 is 0 Å². The van der Waals surface area contributed by atoms with Crippen LogP contribution < -0.4 is 5.32 Å². The van der Waals surface area contributed by atoms with Crippen LogP contribution in [0.5, 0.6) is 5.75 Å². The second-order valence-electron chi connectivity index (χ2n) is 5.87. The Morgan fingerprint density at radius 1 is 1.05 bits per heavy atom. The zero-order valence-electron chi connectivity index (χ0n) is 12.7. The molecule has 2 heteroatoms. The summed E-state index contributed by atoms with van der Waals surface area (Å²) in [5.74, 6) is 1.18. The summed E-state index contributed by atoms with van der Waals surface area (Å²) in [4.78, 5) is 0. The first-order valence-electron chi connectivity index (χ1n) is 7.62. The van der Waals surface area contributed by atoms with Crippen molar-refractivity contribution in [3.05, 3.63) is 29.8 Å². The van der Waals surface area contributed by atoms with Crippen LogP contribution in [0.4, 0.5) is 0 Å². The summed E-state index contributed by atoms with van der Waals surface area (Å²) in [6, 6.07) is 7.81. The highest BCUT2D eigenvalue weighted by molar-refractivity contribution is 5.28. The molecule has 0 saturated heterocycles. The van der Waals surface area contributed by atoms with Crippen molar-refractivity contribution in [2.24, 2.45) is 5.92 Å². The largest absolute Gasteiger partial charge is 0.508 e. The summed E-state index contributed by atoms with van der Waals surface area (Å²) in [5, 5.41) is 13.0. The Kier molecular flexibility index (Phi) is 7.57. The van der Waals surface area contributed by atoms with Gasteiger partial charge in [-0.2, -0.15) is 0 Å². The second-order valence-corrected chi connectivity index (χ2v) is 5.87. The monoisotopic (exact) mass is 263 g/mol. The first kappa shape index (κ1) is 16.0. The Labute approximate surface area is 118 Å². The van der Waals surface area contributed by atoms with Crippen LogP contribution in [0.25, 0.3) is 0 Å².